The molecule has 0 spiro atoms. The molecule has 0 aliphatic rings. The first-order valence-corrected chi connectivity index (χ1v) is 4.77. The van der Waals surface area contributed by atoms with Crippen molar-refractivity contribution in [3.63, 3.8) is 0 Å². The molecule has 0 N–H and O–H groups in total. The normalized spacial score (nSPS) is 10.3. The Kier molecular flexibility index (Phi) is 2.64. The largest absolute Gasteiger partial charge is 0.261 e. The van der Waals surface area contributed by atoms with Gasteiger partial charge in [0.05, 0.1) is 11.2 Å². The summed E-state index contributed by atoms with van der Waals surface area (Å²) in [4.78, 5) is 7.87. The first-order chi connectivity index (χ1) is 7.16. The Balaban J connectivity index is 2.54. The number of hydrogen-bond acceptors (Lipinski definition) is 2. The van der Waals surface area contributed by atoms with Crippen LogP contribution >= 0.6 is 11.6 Å². The SMILES string of the molecule is Cc1cc(Cl)c(-c2cncc(F)c2)cn1. The molecule has 2 nitrogen and oxygen atoms in total. The van der Waals surface area contributed by atoms with Gasteiger partial charge in [-0.3, -0.25) is 9.97 Å². The van der Waals surface area contributed by atoms with E-state index in [9.17, 15) is 4.39 Å². The van der Waals surface area contributed by atoms with Crippen molar-refractivity contribution in [3.8, 4) is 11.1 Å². The van der Waals surface area contributed by atoms with Crippen LogP contribution in [-0.4, -0.2) is 9.97 Å². The van der Waals surface area contributed by atoms with Gasteiger partial charge in [0.1, 0.15) is 5.82 Å². The van der Waals surface area contributed by atoms with Crippen molar-refractivity contribution in [1.29, 1.82) is 0 Å². The number of hydrogen-bond donors (Lipinski definition) is 0. The summed E-state index contributed by atoms with van der Waals surface area (Å²) in [6, 6.07) is 3.12. The molecule has 0 saturated heterocycles. The molecule has 0 unspecified atom stereocenters. The van der Waals surface area contributed by atoms with Crippen molar-refractivity contribution in [2.45, 2.75) is 6.92 Å². The zero-order valence-electron chi connectivity index (χ0n) is 8.04. The fourth-order valence-corrected chi connectivity index (χ4v) is 1.61. The first kappa shape index (κ1) is 10.1. The molecule has 4 heteroatoms. The zero-order valence-corrected chi connectivity index (χ0v) is 8.79. The van der Waals surface area contributed by atoms with E-state index in [0.717, 1.165) is 11.9 Å². The lowest BCUT2D eigenvalue weighted by Gasteiger charge is -2.04. The standard InChI is InChI=1S/C11H8ClFN2/c1-7-2-11(12)10(6-15-7)8-3-9(13)5-14-4-8/h2-6H,1H3. The molecule has 2 aromatic rings. The smallest absolute Gasteiger partial charge is 0.142 e. The lowest BCUT2D eigenvalue weighted by molar-refractivity contribution is 0.622. The van der Waals surface area contributed by atoms with Crippen molar-refractivity contribution in [2.24, 2.45) is 0 Å². The summed E-state index contributed by atoms with van der Waals surface area (Å²) < 4.78 is 12.9. The molecule has 0 atom stereocenters. The molecule has 0 radical (unpaired) electrons. The first-order valence-electron chi connectivity index (χ1n) is 4.40. The van der Waals surface area contributed by atoms with E-state index in [1.165, 1.54) is 6.07 Å². The highest BCUT2D eigenvalue weighted by Crippen LogP contribution is 2.27. The maximum atomic E-state index is 12.9. The lowest BCUT2D eigenvalue weighted by atomic mass is 10.1. The fourth-order valence-electron chi connectivity index (χ4n) is 1.30. The van der Waals surface area contributed by atoms with E-state index in [4.69, 9.17) is 11.6 Å². The Morgan fingerprint density at radius 1 is 1.20 bits per heavy atom. The second kappa shape index (κ2) is 3.95. The summed E-state index contributed by atoms with van der Waals surface area (Å²) in [7, 11) is 0. The van der Waals surface area contributed by atoms with Gasteiger partial charge >= 0.3 is 0 Å². The van der Waals surface area contributed by atoms with Crippen molar-refractivity contribution in [2.75, 3.05) is 0 Å². The molecule has 0 bridgehead atoms. The van der Waals surface area contributed by atoms with Gasteiger partial charge in [-0.25, -0.2) is 4.39 Å². The Morgan fingerprint density at radius 2 is 2.00 bits per heavy atom. The van der Waals surface area contributed by atoms with E-state index in [1.807, 2.05) is 6.92 Å². The van der Waals surface area contributed by atoms with Gasteiger partial charge in [-0.15, -0.1) is 0 Å². The van der Waals surface area contributed by atoms with Gasteiger partial charge in [-0.05, 0) is 19.1 Å². The zero-order chi connectivity index (χ0) is 10.8. The Bertz CT molecular complexity index is 500. The van der Waals surface area contributed by atoms with Gasteiger partial charge in [0, 0.05) is 29.2 Å². The fraction of sp³-hybridized carbons (Fsp3) is 0.0909. The van der Waals surface area contributed by atoms with E-state index in [-0.39, 0.29) is 5.82 Å². The highest BCUT2D eigenvalue weighted by molar-refractivity contribution is 6.33. The minimum atomic E-state index is -0.385. The predicted octanol–water partition coefficient (Wildman–Crippen LogP) is 3.24. The maximum absolute atomic E-state index is 12.9. The van der Waals surface area contributed by atoms with Gasteiger partial charge in [-0.1, -0.05) is 11.6 Å². The number of halogens is 2. The molecule has 0 fully saturated rings. The molecule has 2 aromatic heterocycles. The van der Waals surface area contributed by atoms with Gasteiger partial charge in [-0.2, -0.15) is 0 Å². The topological polar surface area (TPSA) is 25.8 Å². The van der Waals surface area contributed by atoms with Crippen molar-refractivity contribution >= 4 is 11.6 Å². The maximum Gasteiger partial charge on any atom is 0.142 e. The summed E-state index contributed by atoms with van der Waals surface area (Å²) >= 11 is 6.03. The van der Waals surface area contributed by atoms with Crippen LogP contribution in [0.25, 0.3) is 11.1 Å². The molecular weight excluding hydrogens is 215 g/mol. The third-order valence-corrected chi connectivity index (χ3v) is 2.32. The van der Waals surface area contributed by atoms with Gasteiger partial charge in [0.2, 0.25) is 0 Å². The molecule has 0 amide bonds. The van der Waals surface area contributed by atoms with Crippen molar-refractivity contribution in [3.05, 3.63) is 47.3 Å². The van der Waals surface area contributed by atoms with Crippen molar-refractivity contribution < 1.29 is 4.39 Å². The second-order valence-electron chi connectivity index (χ2n) is 3.20. The van der Waals surface area contributed by atoms with E-state index in [2.05, 4.69) is 9.97 Å². The van der Waals surface area contributed by atoms with Crippen molar-refractivity contribution in [1.82, 2.24) is 9.97 Å². The van der Waals surface area contributed by atoms with Gasteiger partial charge in [0.15, 0.2) is 0 Å². The number of pyridine rings is 2. The monoisotopic (exact) mass is 222 g/mol. The van der Waals surface area contributed by atoms with Crippen LogP contribution < -0.4 is 0 Å². The second-order valence-corrected chi connectivity index (χ2v) is 3.60. The van der Waals surface area contributed by atoms with Crippen LogP contribution in [0.2, 0.25) is 5.02 Å². The molecule has 76 valence electrons. The molecule has 0 aliphatic heterocycles. The molecule has 2 heterocycles. The summed E-state index contributed by atoms with van der Waals surface area (Å²) in [6.07, 6.45) is 4.33. The summed E-state index contributed by atoms with van der Waals surface area (Å²) in [5, 5.41) is 0.551. The van der Waals surface area contributed by atoms with Crippen LogP contribution in [0.15, 0.2) is 30.7 Å². The Morgan fingerprint density at radius 3 is 2.67 bits per heavy atom. The Labute approximate surface area is 91.8 Å². The van der Waals surface area contributed by atoms with E-state index in [0.29, 0.717) is 16.1 Å². The predicted molar refractivity (Wildman–Crippen MR) is 57.2 cm³/mol. The quantitative estimate of drug-likeness (QED) is 0.740. The number of aromatic nitrogens is 2. The van der Waals surface area contributed by atoms with Gasteiger partial charge < -0.3 is 0 Å². The third-order valence-electron chi connectivity index (χ3n) is 2.01. The molecule has 0 aromatic carbocycles. The minimum Gasteiger partial charge on any atom is -0.261 e. The van der Waals surface area contributed by atoms with Crippen LogP contribution in [0, 0.1) is 12.7 Å². The summed E-state index contributed by atoms with van der Waals surface area (Å²) in [5.74, 6) is -0.385. The Hall–Kier alpha value is -1.48. The molecule has 0 aliphatic carbocycles. The van der Waals surface area contributed by atoms with Crippen LogP contribution in [0.4, 0.5) is 4.39 Å². The van der Waals surface area contributed by atoms with E-state index < -0.39 is 0 Å². The highest BCUT2D eigenvalue weighted by atomic mass is 35.5. The summed E-state index contributed by atoms with van der Waals surface area (Å²) in [5.41, 5.74) is 2.15. The van der Waals surface area contributed by atoms with Crippen LogP contribution in [-0.2, 0) is 0 Å². The lowest BCUT2D eigenvalue weighted by Crippen LogP contribution is -1.87. The average molecular weight is 223 g/mol. The van der Waals surface area contributed by atoms with E-state index >= 15 is 0 Å². The summed E-state index contributed by atoms with van der Waals surface area (Å²) in [6.45, 7) is 1.85. The van der Waals surface area contributed by atoms with Crippen LogP contribution in [0.1, 0.15) is 5.69 Å². The highest BCUT2D eigenvalue weighted by Gasteiger charge is 2.05. The third kappa shape index (κ3) is 2.13. The number of rotatable bonds is 1. The van der Waals surface area contributed by atoms with E-state index in [1.54, 1.807) is 18.5 Å². The van der Waals surface area contributed by atoms with Crippen LogP contribution in [0.5, 0.6) is 0 Å². The van der Waals surface area contributed by atoms with Gasteiger partial charge in [0.25, 0.3) is 0 Å². The number of nitrogens with zero attached hydrogens (tertiary/aromatic N) is 2. The average Bonchev–Trinajstić information content (AvgIpc) is 2.17. The minimum absolute atomic E-state index is 0.385. The molecule has 2 rings (SSSR count). The van der Waals surface area contributed by atoms with Crippen LogP contribution in [0.3, 0.4) is 0 Å². The number of aryl methyl sites for hydroxylation is 1. The molecule has 15 heavy (non-hydrogen) atoms. The molecule has 0 saturated carbocycles. The molecular formula is C11H8ClFN2.